The highest BCUT2D eigenvalue weighted by Gasteiger charge is 2.29. The predicted molar refractivity (Wildman–Crippen MR) is 124 cm³/mol. The maximum absolute atomic E-state index is 13.1. The van der Waals surface area contributed by atoms with Crippen molar-refractivity contribution in [1.82, 2.24) is 9.21 Å². The van der Waals surface area contributed by atoms with Crippen LogP contribution in [-0.2, 0) is 21.2 Å². The summed E-state index contributed by atoms with van der Waals surface area (Å²) in [6.45, 7) is 7.34. The van der Waals surface area contributed by atoms with E-state index in [2.05, 4.69) is 24.3 Å². The van der Waals surface area contributed by atoms with E-state index in [1.807, 2.05) is 31.7 Å². The molecule has 0 bridgehead atoms. The molecule has 0 saturated carbocycles. The van der Waals surface area contributed by atoms with Gasteiger partial charge in [-0.25, -0.2) is 8.42 Å². The summed E-state index contributed by atoms with van der Waals surface area (Å²) < 4.78 is 27.6. The molecule has 1 amide bonds. The Morgan fingerprint density at radius 2 is 1.65 bits per heavy atom. The summed E-state index contributed by atoms with van der Waals surface area (Å²) in [5.74, 6) is 0.642. The van der Waals surface area contributed by atoms with Crippen LogP contribution in [0.4, 0.5) is 0 Å². The molecule has 2 aromatic carbocycles. The van der Waals surface area contributed by atoms with Crippen molar-refractivity contribution in [2.45, 2.75) is 57.4 Å². The van der Waals surface area contributed by atoms with Crippen LogP contribution in [0.15, 0.2) is 59.5 Å². The van der Waals surface area contributed by atoms with Crippen molar-refractivity contribution in [2.24, 2.45) is 5.92 Å². The van der Waals surface area contributed by atoms with Crippen molar-refractivity contribution in [3.05, 3.63) is 65.7 Å². The van der Waals surface area contributed by atoms with Gasteiger partial charge in [-0.15, -0.1) is 0 Å². The Morgan fingerprint density at radius 1 is 1.03 bits per heavy atom. The zero-order valence-electron chi connectivity index (χ0n) is 18.8. The highest BCUT2D eigenvalue weighted by Crippen LogP contribution is 2.23. The van der Waals surface area contributed by atoms with E-state index in [1.165, 1.54) is 9.87 Å². The lowest BCUT2D eigenvalue weighted by Crippen LogP contribution is -2.43. The standard InChI is InChI=1S/C25H34N2O3S/c1-20(2)27(31(29,30)24-11-9-21(3)10-12-24)18-15-25(28)26-16-13-23(14-17-26)19-22-7-5-4-6-8-22/h4-12,20,23H,13-19H2,1-3H3. The van der Waals surface area contributed by atoms with Gasteiger partial charge in [-0.3, -0.25) is 4.79 Å². The molecule has 6 heteroatoms. The predicted octanol–water partition coefficient (Wildman–Crippen LogP) is 4.27. The molecule has 0 spiro atoms. The van der Waals surface area contributed by atoms with E-state index >= 15 is 0 Å². The molecule has 1 heterocycles. The summed E-state index contributed by atoms with van der Waals surface area (Å²) in [6, 6.07) is 17.2. The van der Waals surface area contributed by atoms with Gasteiger partial charge in [0.2, 0.25) is 15.9 Å². The minimum atomic E-state index is -3.62. The first kappa shape index (κ1) is 23.5. The van der Waals surface area contributed by atoms with Crippen LogP contribution in [0.3, 0.4) is 0 Å². The highest BCUT2D eigenvalue weighted by atomic mass is 32.2. The first-order chi connectivity index (χ1) is 14.8. The molecule has 31 heavy (non-hydrogen) atoms. The average Bonchev–Trinajstić information content (AvgIpc) is 2.75. The van der Waals surface area contributed by atoms with Crippen LogP contribution < -0.4 is 0 Å². The zero-order chi connectivity index (χ0) is 22.4. The number of rotatable bonds is 8. The molecule has 0 radical (unpaired) electrons. The minimum absolute atomic E-state index is 0.0444. The van der Waals surface area contributed by atoms with Gasteiger partial charge in [0.25, 0.3) is 0 Å². The number of amides is 1. The second kappa shape index (κ2) is 10.4. The number of nitrogens with zero attached hydrogens (tertiary/aromatic N) is 2. The Hall–Kier alpha value is -2.18. The van der Waals surface area contributed by atoms with E-state index in [0.717, 1.165) is 37.9 Å². The average molecular weight is 443 g/mol. The number of sulfonamides is 1. The smallest absolute Gasteiger partial charge is 0.243 e. The molecular formula is C25H34N2O3S. The fourth-order valence-corrected chi connectivity index (χ4v) is 5.84. The number of hydrogen-bond acceptors (Lipinski definition) is 3. The van der Waals surface area contributed by atoms with Crippen molar-refractivity contribution < 1.29 is 13.2 Å². The molecule has 0 aliphatic carbocycles. The normalized spacial score (nSPS) is 15.6. The molecule has 0 aromatic heterocycles. The summed E-state index contributed by atoms with van der Waals surface area (Å²) in [5, 5.41) is 0. The fourth-order valence-electron chi connectivity index (χ4n) is 4.20. The maximum atomic E-state index is 13.1. The van der Waals surface area contributed by atoms with Crippen molar-refractivity contribution >= 4 is 15.9 Å². The third kappa shape index (κ3) is 6.17. The van der Waals surface area contributed by atoms with Crippen LogP contribution in [0.25, 0.3) is 0 Å². The molecule has 0 unspecified atom stereocenters. The topological polar surface area (TPSA) is 57.7 Å². The summed E-state index contributed by atoms with van der Waals surface area (Å²) in [7, 11) is -3.62. The lowest BCUT2D eigenvalue weighted by Gasteiger charge is -2.33. The summed E-state index contributed by atoms with van der Waals surface area (Å²) in [6.07, 6.45) is 3.26. The van der Waals surface area contributed by atoms with Crippen LogP contribution in [0.2, 0.25) is 0 Å². The zero-order valence-corrected chi connectivity index (χ0v) is 19.6. The van der Waals surface area contributed by atoms with Gasteiger partial charge in [0.1, 0.15) is 0 Å². The van der Waals surface area contributed by atoms with Crippen molar-refractivity contribution in [3.8, 4) is 0 Å². The van der Waals surface area contributed by atoms with E-state index in [0.29, 0.717) is 5.92 Å². The Balaban J connectivity index is 1.54. The van der Waals surface area contributed by atoms with Gasteiger partial charge in [-0.2, -0.15) is 4.31 Å². The maximum Gasteiger partial charge on any atom is 0.243 e. The number of benzene rings is 2. The van der Waals surface area contributed by atoms with Gasteiger partial charge in [-0.1, -0.05) is 48.0 Å². The second-order valence-electron chi connectivity index (χ2n) is 8.79. The molecule has 168 valence electrons. The fraction of sp³-hybridized carbons (Fsp3) is 0.480. The van der Waals surface area contributed by atoms with Crippen molar-refractivity contribution in [3.63, 3.8) is 0 Å². The quantitative estimate of drug-likeness (QED) is 0.614. The molecule has 1 aliphatic heterocycles. The molecular weight excluding hydrogens is 408 g/mol. The van der Waals surface area contributed by atoms with Gasteiger partial charge < -0.3 is 4.90 Å². The Bertz CT molecular complexity index is 948. The molecule has 0 N–H and O–H groups in total. The number of piperidine rings is 1. The first-order valence-corrected chi connectivity index (χ1v) is 12.6. The number of hydrogen-bond donors (Lipinski definition) is 0. The lowest BCUT2D eigenvalue weighted by atomic mass is 9.90. The Kier molecular flexibility index (Phi) is 7.89. The van der Waals surface area contributed by atoms with Gasteiger partial charge in [0, 0.05) is 32.1 Å². The van der Waals surface area contributed by atoms with Crippen LogP contribution >= 0.6 is 0 Å². The summed E-state index contributed by atoms with van der Waals surface area (Å²) >= 11 is 0. The molecule has 1 aliphatic rings. The molecule has 1 saturated heterocycles. The molecule has 5 nitrogen and oxygen atoms in total. The monoisotopic (exact) mass is 442 g/mol. The second-order valence-corrected chi connectivity index (χ2v) is 10.7. The van der Waals surface area contributed by atoms with Gasteiger partial charge in [0.15, 0.2) is 0 Å². The van der Waals surface area contributed by atoms with E-state index in [4.69, 9.17) is 0 Å². The first-order valence-electron chi connectivity index (χ1n) is 11.2. The van der Waals surface area contributed by atoms with Gasteiger partial charge in [-0.05, 0) is 63.6 Å². The van der Waals surface area contributed by atoms with Gasteiger partial charge >= 0.3 is 0 Å². The van der Waals surface area contributed by atoms with E-state index < -0.39 is 10.0 Å². The molecule has 0 atom stereocenters. The van der Waals surface area contributed by atoms with Crippen LogP contribution in [0, 0.1) is 12.8 Å². The van der Waals surface area contributed by atoms with Crippen LogP contribution in [-0.4, -0.2) is 49.2 Å². The highest BCUT2D eigenvalue weighted by molar-refractivity contribution is 7.89. The van der Waals surface area contributed by atoms with E-state index in [1.54, 1.807) is 24.3 Å². The molecule has 2 aromatic rings. The van der Waals surface area contributed by atoms with Gasteiger partial charge in [0.05, 0.1) is 4.90 Å². The number of carbonyl (C=O) groups is 1. The number of likely N-dealkylation sites (tertiary alicyclic amines) is 1. The SMILES string of the molecule is Cc1ccc(S(=O)(=O)N(CCC(=O)N2CCC(Cc3ccccc3)CC2)C(C)C)cc1. The molecule has 1 fully saturated rings. The molecule has 3 rings (SSSR count). The largest absolute Gasteiger partial charge is 0.343 e. The number of aryl methyl sites for hydroxylation is 1. The van der Waals surface area contributed by atoms with Crippen LogP contribution in [0.5, 0.6) is 0 Å². The third-order valence-electron chi connectivity index (χ3n) is 6.08. The minimum Gasteiger partial charge on any atom is -0.343 e. The third-order valence-corrected chi connectivity index (χ3v) is 8.17. The van der Waals surface area contributed by atoms with Crippen molar-refractivity contribution in [2.75, 3.05) is 19.6 Å². The van der Waals surface area contributed by atoms with Crippen LogP contribution in [0.1, 0.15) is 44.2 Å². The van der Waals surface area contributed by atoms with E-state index in [9.17, 15) is 13.2 Å². The Labute approximate surface area is 187 Å². The summed E-state index contributed by atoms with van der Waals surface area (Å²) in [5.41, 5.74) is 2.36. The summed E-state index contributed by atoms with van der Waals surface area (Å²) in [4.78, 5) is 15.0. The Morgan fingerprint density at radius 3 is 2.23 bits per heavy atom. The van der Waals surface area contributed by atoms with Crippen molar-refractivity contribution in [1.29, 1.82) is 0 Å². The lowest BCUT2D eigenvalue weighted by molar-refractivity contribution is -0.132. The van der Waals surface area contributed by atoms with E-state index in [-0.39, 0.29) is 29.8 Å². The number of carbonyl (C=O) groups excluding carboxylic acids is 1.